The molecule has 0 bridgehead atoms. The number of guanidine groups is 2. The number of likely N-dealkylation sites (N-methyl/N-ethyl adjacent to an activating group) is 1. The lowest BCUT2D eigenvalue weighted by atomic mass is 9.99. The van der Waals surface area contributed by atoms with Crippen LogP contribution in [-0.4, -0.2) is 143 Å². The van der Waals surface area contributed by atoms with Gasteiger partial charge in [0.05, 0.1) is 12.9 Å². The summed E-state index contributed by atoms with van der Waals surface area (Å²) in [5, 5.41) is 26.2. The van der Waals surface area contributed by atoms with Crippen LogP contribution in [0.25, 0.3) is 0 Å². The van der Waals surface area contributed by atoms with Crippen molar-refractivity contribution in [1.82, 2.24) is 46.8 Å². The van der Waals surface area contributed by atoms with Crippen LogP contribution in [-0.2, 0) is 46.4 Å². The maximum absolute atomic E-state index is 14.4. The Morgan fingerprint density at radius 2 is 1.34 bits per heavy atom. The molecule has 24 heteroatoms. The first-order valence-electron chi connectivity index (χ1n) is 21.0. The summed E-state index contributed by atoms with van der Waals surface area (Å²) in [4.78, 5) is 111. The third kappa shape index (κ3) is 17.1. The van der Waals surface area contributed by atoms with Gasteiger partial charge < -0.3 is 75.6 Å². The average molecular weight is 897 g/mol. The highest BCUT2D eigenvalue weighted by molar-refractivity contribution is 5.97. The number of phenolic OH excluding ortho intramolecular Hbond substituents is 1. The van der Waals surface area contributed by atoms with Crippen LogP contribution in [0.1, 0.15) is 63.6 Å². The number of nitrogens with two attached hydrogens (primary N) is 5. The van der Waals surface area contributed by atoms with Gasteiger partial charge in [0.15, 0.2) is 11.9 Å². The quantitative estimate of drug-likeness (QED) is 0.0242. The van der Waals surface area contributed by atoms with Crippen molar-refractivity contribution in [1.29, 1.82) is 0 Å². The Labute approximate surface area is 371 Å². The number of carbonyl (C=O) groups excluding carboxylic acids is 7. The molecule has 0 saturated carbocycles. The fourth-order valence-electron chi connectivity index (χ4n) is 6.97. The zero-order valence-corrected chi connectivity index (χ0v) is 36.5. The first-order valence-corrected chi connectivity index (χ1v) is 21.0. The van der Waals surface area contributed by atoms with E-state index in [1.165, 1.54) is 29.6 Å². The normalized spacial score (nSPS) is 15.7. The molecule has 64 heavy (non-hydrogen) atoms. The van der Waals surface area contributed by atoms with Crippen LogP contribution in [0, 0.1) is 5.92 Å². The number of likely N-dealkylation sites (tertiary alicyclic amines) is 1. The van der Waals surface area contributed by atoms with E-state index in [-0.39, 0.29) is 76.0 Å². The van der Waals surface area contributed by atoms with Crippen molar-refractivity contribution >= 4 is 53.3 Å². The summed E-state index contributed by atoms with van der Waals surface area (Å²) >= 11 is 0. The third-order valence-electron chi connectivity index (χ3n) is 10.2. The molecule has 7 amide bonds. The molecule has 352 valence electrons. The zero-order valence-electron chi connectivity index (χ0n) is 36.5. The Balaban J connectivity index is 1.93. The number of primary amides is 1. The van der Waals surface area contributed by atoms with Crippen molar-refractivity contribution in [3.8, 4) is 5.75 Å². The lowest BCUT2D eigenvalue weighted by Crippen LogP contribution is -2.61. The van der Waals surface area contributed by atoms with Crippen molar-refractivity contribution in [3.63, 3.8) is 0 Å². The largest absolute Gasteiger partial charge is 0.508 e. The van der Waals surface area contributed by atoms with Gasteiger partial charge in [-0.2, -0.15) is 0 Å². The predicted molar refractivity (Wildman–Crippen MR) is 236 cm³/mol. The molecule has 1 aromatic carbocycles. The topological polar surface area (TPSA) is 399 Å². The zero-order chi connectivity index (χ0) is 47.3. The second kappa shape index (κ2) is 25.8. The number of aromatic amines is 1. The molecule has 1 aliphatic rings. The molecule has 24 nitrogen and oxygen atoms in total. The standard InChI is InChI=1S/C40H64N16O8/c1-22(2)32(55-35(61)26(51-31(58)20-46-3)7-4-14-48-39(42)43)37(63)53-28(17-23-10-12-25(57)13-11-23)36(62)52-27(8-5-15-49-40(44)45)34(60)54-29(18-24-19-47-21-50-24)38(64)56-16-6-9-30(56)33(41)59/h10-13,19,21-22,26-30,32,46,57H,4-9,14-18,20H2,1-3H3,(H2,41,59)(H,47,50)(H,51,58)(H,52,62)(H,53,63)(H,54,60)(H,55,61)(H4,42,43,48)(H4,44,45,49). The highest BCUT2D eigenvalue weighted by Crippen LogP contribution is 2.19. The van der Waals surface area contributed by atoms with E-state index < -0.39 is 83.5 Å². The number of amides is 7. The molecule has 0 spiro atoms. The van der Waals surface area contributed by atoms with Gasteiger partial charge in [-0.05, 0) is 69.2 Å². The monoisotopic (exact) mass is 897 g/mol. The van der Waals surface area contributed by atoms with Gasteiger partial charge >= 0.3 is 0 Å². The number of carbonyl (C=O) groups is 7. The van der Waals surface area contributed by atoms with Gasteiger partial charge in [-0.3, -0.25) is 43.5 Å². The van der Waals surface area contributed by atoms with Crippen molar-refractivity contribution in [2.45, 2.75) is 101 Å². The molecule has 0 aliphatic carbocycles. The Morgan fingerprint density at radius 1 is 0.781 bits per heavy atom. The number of benzene rings is 1. The summed E-state index contributed by atoms with van der Waals surface area (Å²) in [5.41, 5.74) is 28.5. The molecule has 0 radical (unpaired) electrons. The number of nitrogens with one attached hydrogen (secondary N) is 7. The van der Waals surface area contributed by atoms with Crippen LogP contribution in [0.2, 0.25) is 0 Å². The lowest BCUT2D eigenvalue weighted by Gasteiger charge is -2.30. The third-order valence-corrected chi connectivity index (χ3v) is 10.2. The van der Waals surface area contributed by atoms with E-state index in [2.05, 4.69) is 51.9 Å². The number of aliphatic imine (C=N–C) groups is 2. The Morgan fingerprint density at radius 3 is 1.89 bits per heavy atom. The van der Waals surface area contributed by atoms with E-state index in [1.54, 1.807) is 33.0 Å². The molecule has 1 aromatic heterocycles. The van der Waals surface area contributed by atoms with E-state index >= 15 is 0 Å². The van der Waals surface area contributed by atoms with Crippen molar-refractivity contribution in [2.24, 2.45) is 44.6 Å². The molecule has 1 saturated heterocycles. The molecule has 1 aliphatic heterocycles. The molecule has 1 fully saturated rings. The van der Waals surface area contributed by atoms with Gasteiger partial charge in [-0.15, -0.1) is 0 Å². The first kappa shape index (κ1) is 51.4. The summed E-state index contributed by atoms with van der Waals surface area (Å²) in [6, 6.07) is -1.15. The molecular formula is C40H64N16O8. The van der Waals surface area contributed by atoms with Crippen LogP contribution in [0.15, 0.2) is 46.8 Å². The maximum atomic E-state index is 14.4. The van der Waals surface area contributed by atoms with Gasteiger partial charge in [-0.1, -0.05) is 26.0 Å². The number of hydrogen-bond acceptors (Lipinski definition) is 12. The molecule has 2 heterocycles. The summed E-state index contributed by atoms with van der Waals surface area (Å²) < 4.78 is 0. The van der Waals surface area contributed by atoms with Crippen LogP contribution < -0.4 is 60.6 Å². The Hall–Kier alpha value is -6.98. The van der Waals surface area contributed by atoms with Crippen LogP contribution >= 0.6 is 0 Å². The average Bonchev–Trinajstić information content (AvgIpc) is 3.95. The van der Waals surface area contributed by atoms with E-state index in [9.17, 15) is 38.7 Å². The second-order valence-corrected chi connectivity index (χ2v) is 15.7. The van der Waals surface area contributed by atoms with Gasteiger partial charge in [0.2, 0.25) is 41.4 Å². The summed E-state index contributed by atoms with van der Waals surface area (Å²) in [5.74, 6) is -5.61. The molecule has 6 unspecified atom stereocenters. The van der Waals surface area contributed by atoms with Crippen LogP contribution in [0.4, 0.5) is 0 Å². The molecule has 18 N–H and O–H groups in total. The second-order valence-electron chi connectivity index (χ2n) is 15.7. The van der Waals surface area contributed by atoms with E-state index in [0.717, 1.165) is 0 Å². The number of H-pyrrole nitrogens is 1. The molecule has 3 rings (SSSR count). The number of hydrogen-bond donors (Lipinski definition) is 13. The smallest absolute Gasteiger partial charge is 0.246 e. The van der Waals surface area contributed by atoms with Gasteiger partial charge in [-0.25, -0.2) is 4.98 Å². The van der Waals surface area contributed by atoms with Crippen LogP contribution in [0.3, 0.4) is 0 Å². The van der Waals surface area contributed by atoms with Crippen LogP contribution in [0.5, 0.6) is 5.75 Å². The fourth-order valence-corrected chi connectivity index (χ4v) is 6.97. The van der Waals surface area contributed by atoms with Gasteiger partial charge in [0, 0.05) is 44.4 Å². The van der Waals surface area contributed by atoms with E-state index in [1.807, 2.05) is 0 Å². The number of imidazole rings is 1. The Bertz CT molecular complexity index is 1930. The summed E-state index contributed by atoms with van der Waals surface area (Å²) in [6.07, 6.45) is 4.21. The molecule has 6 atom stereocenters. The van der Waals surface area contributed by atoms with Crippen molar-refractivity contribution in [3.05, 3.63) is 48.0 Å². The highest BCUT2D eigenvalue weighted by atomic mass is 16.3. The van der Waals surface area contributed by atoms with Gasteiger partial charge in [0.25, 0.3) is 0 Å². The first-order chi connectivity index (χ1) is 30.4. The van der Waals surface area contributed by atoms with E-state index in [4.69, 9.17) is 28.7 Å². The number of rotatable bonds is 26. The fraction of sp³-hybridized carbons (Fsp3) is 0.550. The minimum atomic E-state index is -1.36. The van der Waals surface area contributed by atoms with Gasteiger partial charge in [0.1, 0.15) is 42.0 Å². The highest BCUT2D eigenvalue weighted by Gasteiger charge is 2.38. The lowest BCUT2D eigenvalue weighted by molar-refractivity contribution is -0.141. The minimum Gasteiger partial charge on any atom is -0.508 e. The SMILES string of the molecule is CNCC(=O)NC(CCCN=C(N)N)C(=O)NC(C(=O)NC(Cc1ccc(O)cc1)C(=O)NC(CCCN=C(N)N)C(=O)NC(Cc1cnc[nH]1)C(=O)N1CCCC1C(N)=O)C(C)C. The predicted octanol–water partition coefficient (Wildman–Crippen LogP) is -4.22. The number of aromatic nitrogens is 2. The molecular weight excluding hydrogens is 833 g/mol. The summed E-state index contributed by atoms with van der Waals surface area (Å²) in [7, 11) is 1.57. The summed E-state index contributed by atoms with van der Waals surface area (Å²) in [6.45, 7) is 3.78. The van der Waals surface area contributed by atoms with Crippen molar-refractivity contribution in [2.75, 3.05) is 33.2 Å². The van der Waals surface area contributed by atoms with E-state index in [0.29, 0.717) is 30.5 Å². The molecule has 2 aromatic rings. The maximum Gasteiger partial charge on any atom is 0.246 e. The minimum absolute atomic E-state index is 0.0264. The number of aromatic hydroxyl groups is 1. The Kier molecular flexibility index (Phi) is 20.7. The number of phenols is 1. The number of nitrogens with zero attached hydrogens (tertiary/aromatic N) is 4. The van der Waals surface area contributed by atoms with Crippen molar-refractivity contribution < 1.29 is 38.7 Å².